The lowest BCUT2D eigenvalue weighted by atomic mass is 10.3. The number of sulfonamides is 1. The van der Waals surface area contributed by atoms with Crippen molar-refractivity contribution in [2.24, 2.45) is 0 Å². The summed E-state index contributed by atoms with van der Waals surface area (Å²) in [5.41, 5.74) is 2.55. The van der Waals surface area contributed by atoms with E-state index in [0.29, 0.717) is 5.02 Å². The molecule has 2 aromatic rings. The van der Waals surface area contributed by atoms with Crippen molar-refractivity contribution in [3.63, 3.8) is 0 Å². The zero-order valence-corrected chi connectivity index (χ0v) is 15.9. The number of benzene rings is 2. The van der Waals surface area contributed by atoms with Gasteiger partial charge in [-0.15, -0.1) is 4.83 Å². The first-order valence-corrected chi connectivity index (χ1v) is 10.7. The third kappa shape index (κ3) is 4.53. The first-order chi connectivity index (χ1) is 11.0. The van der Waals surface area contributed by atoms with Crippen LogP contribution in [0.2, 0.25) is 15.1 Å². The molecule has 11 heteroatoms. The molecule has 24 heavy (non-hydrogen) atoms. The Morgan fingerprint density at radius 2 is 1.29 bits per heavy atom. The van der Waals surface area contributed by atoms with Gasteiger partial charge in [-0.2, -0.15) is 0 Å². The lowest BCUT2D eigenvalue weighted by molar-refractivity contribution is 0.586. The average molecular weight is 430 g/mol. The van der Waals surface area contributed by atoms with Crippen LogP contribution < -0.4 is 10.3 Å². The molecule has 0 saturated carbocycles. The van der Waals surface area contributed by atoms with Crippen molar-refractivity contribution < 1.29 is 16.8 Å². The predicted molar refractivity (Wildman–Crippen MR) is 95.0 cm³/mol. The van der Waals surface area contributed by atoms with E-state index in [2.05, 4.69) is 10.3 Å². The summed E-state index contributed by atoms with van der Waals surface area (Å²) in [4.78, 5) is 1.99. The van der Waals surface area contributed by atoms with Gasteiger partial charge in [-0.05, 0) is 36.4 Å². The molecule has 0 aromatic heterocycles. The molecule has 0 aliphatic carbocycles. The predicted octanol–water partition coefficient (Wildman–Crippen LogP) is 3.36. The quantitative estimate of drug-likeness (QED) is 0.711. The van der Waals surface area contributed by atoms with Crippen molar-refractivity contribution in [3.05, 3.63) is 51.5 Å². The number of anilines is 1. The lowest BCUT2D eigenvalue weighted by Crippen LogP contribution is -2.29. The Kier molecular flexibility index (Phi) is 5.68. The number of sulfone groups is 1. The van der Waals surface area contributed by atoms with Gasteiger partial charge < -0.3 is 5.43 Å². The molecule has 0 radical (unpaired) electrons. The Balaban J connectivity index is 2.24. The van der Waals surface area contributed by atoms with Crippen LogP contribution in [0.25, 0.3) is 0 Å². The van der Waals surface area contributed by atoms with Crippen LogP contribution in [0.1, 0.15) is 0 Å². The van der Waals surface area contributed by atoms with Crippen molar-refractivity contribution >= 4 is 60.4 Å². The van der Waals surface area contributed by atoms with Crippen LogP contribution in [-0.2, 0) is 19.9 Å². The standard InChI is InChI=1S/C13H11Cl3N2O4S2/c1-23(19,20)9-2-4-10(5-3-9)24(21,22)18-17-13-11(15)6-8(14)7-12(13)16/h2-7,17-18H,1H3. The molecule has 0 spiro atoms. The van der Waals surface area contributed by atoms with Crippen molar-refractivity contribution in [2.75, 3.05) is 11.7 Å². The molecule has 0 heterocycles. The first-order valence-electron chi connectivity index (χ1n) is 6.23. The smallest absolute Gasteiger partial charge is 0.257 e. The van der Waals surface area contributed by atoms with Gasteiger partial charge in [-0.1, -0.05) is 34.8 Å². The second kappa shape index (κ2) is 7.07. The molecule has 0 bridgehead atoms. The minimum atomic E-state index is -3.97. The number of rotatable bonds is 5. The van der Waals surface area contributed by atoms with Gasteiger partial charge in [-0.25, -0.2) is 16.8 Å². The third-order valence-corrected chi connectivity index (χ3v) is 6.09. The fourth-order valence-corrected chi connectivity index (χ4v) is 4.10. The van der Waals surface area contributed by atoms with E-state index in [1.807, 2.05) is 0 Å². The van der Waals surface area contributed by atoms with E-state index in [-0.39, 0.29) is 25.5 Å². The number of nitrogens with one attached hydrogen (secondary N) is 2. The van der Waals surface area contributed by atoms with Gasteiger partial charge in [0.15, 0.2) is 9.84 Å². The fourth-order valence-electron chi connectivity index (χ4n) is 1.70. The summed E-state index contributed by atoms with van der Waals surface area (Å²) in [5.74, 6) is 0. The largest absolute Gasteiger partial charge is 0.305 e. The van der Waals surface area contributed by atoms with Gasteiger partial charge in [0, 0.05) is 11.3 Å². The highest BCUT2D eigenvalue weighted by molar-refractivity contribution is 7.90. The molecule has 0 aliphatic rings. The number of hydrogen-bond donors (Lipinski definition) is 2. The Labute approximate surface area is 154 Å². The molecule has 2 aromatic carbocycles. The summed E-state index contributed by atoms with van der Waals surface area (Å²) < 4.78 is 47.2. The molecular formula is C13H11Cl3N2O4S2. The molecule has 0 aliphatic heterocycles. The summed E-state index contributed by atoms with van der Waals surface area (Å²) in [5, 5.41) is 0.556. The first kappa shape index (κ1) is 19.3. The van der Waals surface area contributed by atoms with Gasteiger partial charge >= 0.3 is 0 Å². The van der Waals surface area contributed by atoms with Crippen LogP contribution in [0.5, 0.6) is 0 Å². The summed E-state index contributed by atoms with van der Waals surface area (Å²) in [7, 11) is -7.38. The van der Waals surface area contributed by atoms with E-state index >= 15 is 0 Å². The minimum Gasteiger partial charge on any atom is -0.305 e. The molecule has 0 fully saturated rings. The molecule has 0 saturated heterocycles. The molecule has 0 amide bonds. The summed E-state index contributed by atoms with van der Waals surface area (Å²) in [6.45, 7) is 0. The van der Waals surface area contributed by atoms with E-state index in [4.69, 9.17) is 34.8 Å². The zero-order valence-electron chi connectivity index (χ0n) is 12.0. The highest BCUT2D eigenvalue weighted by Crippen LogP contribution is 2.33. The summed E-state index contributed by atoms with van der Waals surface area (Å²) >= 11 is 17.7. The van der Waals surface area contributed by atoms with Gasteiger partial charge in [0.2, 0.25) is 0 Å². The number of hydrazine groups is 1. The van der Waals surface area contributed by atoms with E-state index < -0.39 is 19.9 Å². The van der Waals surface area contributed by atoms with E-state index in [9.17, 15) is 16.8 Å². The SMILES string of the molecule is CS(=O)(=O)c1ccc(S(=O)(=O)NNc2c(Cl)cc(Cl)cc2Cl)cc1. The Hall–Kier alpha value is -1.03. The van der Waals surface area contributed by atoms with Gasteiger partial charge in [0.05, 0.1) is 25.5 Å². The maximum absolute atomic E-state index is 12.2. The van der Waals surface area contributed by atoms with Crippen LogP contribution in [0.3, 0.4) is 0 Å². The molecule has 0 unspecified atom stereocenters. The molecule has 2 N–H and O–H groups in total. The van der Waals surface area contributed by atoms with Crippen LogP contribution in [0.4, 0.5) is 5.69 Å². The zero-order chi connectivity index (χ0) is 18.1. The lowest BCUT2D eigenvalue weighted by Gasteiger charge is -2.12. The topological polar surface area (TPSA) is 92.3 Å². The van der Waals surface area contributed by atoms with Crippen molar-refractivity contribution in [3.8, 4) is 0 Å². The van der Waals surface area contributed by atoms with Crippen LogP contribution in [-0.4, -0.2) is 23.1 Å². The third-order valence-electron chi connectivity index (χ3n) is 2.88. The molecule has 0 atom stereocenters. The van der Waals surface area contributed by atoms with E-state index in [1.54, 1.807) is 0 Å². The second-order valence-electron chi connectivity index (χ2n) is 4.72. The van der Waals surface area contributed by atoms with Gasteiger partial charge in [0.25, 0.3) is 10.0 Å². The van der Waals surface area contributed by atoms with Crippen molar-refractivity contribution in [1.82, 2.24) is 4.83 Å². The average Bonchev–Trinajstić information content (AvgIpc) is 2.45. The summed E-state index contributed by atoms with van der Waals surface area (Å²) in [6, 6.07) is 7.54. The highest BCUT2D eigenvalue weighted by atomic mass is 35.5. The second-order valence-corrected chi connectivity index (χ2v) is 9.67. The van der Waals surface area contributed by atoms with E-state index in [0.717, 1.165) is 6.26 Å². The van der Waals surface area contributed by atoms with Crippen LogP contribution in [0.15, 0.2) is 46.2 Å². The van der Waals surface area contributed by atoms with Crippen LogP contribution in [0, 0.1) is 0 Å². The molecule has 2 rings (SSSR count). The maximum Gasteiger partial charge on any atom is 0.257 e. The normalized spacial score (nSPS) is 12.2. The van der Waals surface area contributed by atoms with Crippen molar-refractivity contribution in [1.29, 1.82) is 0 Å². The molecule has 130 valence electrons. The van der Waals surface area contributed by atoms with Gasteiger partial charge in [0.1, 0.15) is 0 Å². The Bertz CT molecular complexity index is 952. The van der Waals surface area contributed by atoms with Gasteiger partial charge in [-0.3, -0.25) is 0 Å². The highest BCUT2D eigenvalue weighted by Gasteiger charge is 2.17. The van der Waals surface area contributed by atoms with E-state index in [1.165, 1.54) is 36.4 Å². The maximum atomic E-state index is 12.2. The molecular weight excluding hydrogens is 419 g/mol. The summed E-state index contributed by atoms with van der Waals surface area (Å²) in [6.07, 6.45) is 1.03. The number of hydrogen-bond acceptors (Lipinski definition) is 5. The number of halogens is 3. The fraction of sp³-hybridized carbons (Fsp3) is 0.0769. The Morgan fingerprint density at radius 3 is 1.75 bits per heavy atom. The van der Waals surface area contributed by atoms with Crippen molar-refractivity contribution in [2.45, 2.75) is 9.79 Å². The molecule has 6 nitrogen and oxygen atoms in total. The van der Waals surface area contributed by atoms with Crippen LogP contribution >= 0.6 is 34.8 Å². The monoisotopic (exact) mass is 428 g/mol. The Morgan fingerprint density at radius 1 is 0.833 bits per heavy atom. The minimum absolute atomic E-state index is 0.0122.